The minimum Gasteiger partial charge on any atom is -0.241 e. The molecule has 21 heavy (non-hydrogen) atoms. The summed E-state index contributed by atoms with van der Waals surface area (Å²) >= 11 is 0. The van der Waals surface area contributed by atoms with Crippen LogP contribution in [0.25, 0.3) is 0 Å². The van der Waals surface area contributed by atoms with Crippen molar-refractivity contribution < 1.29 is 0 Å². The number of nitrogens with zero attached hydrogens (tertiary/aromatic N) is 2. The van der Waals surface area contributed by atoms with Gasteiger partial charge in [0, 0.05) is 18.8 Å². The molecule has 0 aliphatic heterocycles. The summed E-state index contributed by atoms with van der Waals surface area (Å²) < 4.78 is 0. The van der Waals surface area contributed by atoms with E-state index < -0.39 is 0 Å². The minimum absolute atomic E-state index is 0.918. The Morgan fingerprint density at radius 3 is 2.05 bits per heavy atom. The van der Waals surface area contributed by atoms with E-state index in [2.05, 4.69) is 23.8 Å². The second-order valence-corrected chi connectivity index (χ2v) is 6.83. The molecule has 0 unspecified atom stereocenters. The molecule has 0 bridgehead atoms. The summed E-state index contributed by atoms with van der Waals surface area (Å²) in [5.41, 5.74) is 1.29. The number of hydrogen-bond acceptors (Lipinski definition) is 2. The molecular formula is C19H32N2. The molecule has 0 aromatic carbocycles. The Balaban J connectivity index is 1.69. The van der Waals surface area contributed by atoms with Crippen LogP contribution in [-0.4, -0.2) is 9.97 Å². The number of aryl methyl sites for hydroxylation is 2. The zero-order valence-electron chi connectivity index (χ0n) is 14.0. The molecule has 2 heteroatoms. The van der Waals surface area contributed by atoms with Gasteiger partial charge in [-0.1, -0.05) is 58.8 Å². The van der Waals surface area contributed by atoms with Crippen molar-refractivity contribution in [1.82, 2.24) is 9.97 Å². The van der Waals surface area contributed by atoms with E-state index in [1.54, 1.807) is 0 Å². The van der Waals surface area contributed by atoms with E-state index in [9.17, 15) is 0 Å². The highest BCUT2D eigenvalue weighted by Crippen LogP contribution is 2.33. The number of hydrogen-bond donors (Lipinski definition) is 0. The second kappa shape index (κ2) is 9.17. The molecule has 1 aliphatic rings. The fourth-order valence-electron chi connectivity index (χ4n) is 3.57. The van der Waals surface area contributed by atoms with Gasteiger partial charge in [-0.15, -0.1) is 0 Å². The Hall–Kier alpha value is -0.920. The van der Waals surface area contributed by atoms with Gasteiger partial charge < -0.3 is 0 Å². The molecule has 1 aromatic heterocycles. The van der Waals surface area contributed by atoms with E-state index in [4.69, 9.17) is 0 Å². The normalized spacial score (nSPS) is 22.4. The lowest BCUT2D eigenvalue weighted by Gasteiger charge is -2.28. The van der Waals surface area contributed by atoms with E-state index in [-0.39, 0.29) is 0 Å². The molecule has 0 spiro atoms. The standard InChI is InChI=1S/C19H32N2/c1-3-5-7-18-14-20-19(21-15-18)13-12-17-10-8-16(6-4-2)9-11-17/h14-17H,3-13H2,1-2H3. The molecule has 1 heterocycles. The van der Waals surface area contributed by atoms with Crippen molar-refractivity contribution in [3.8, 4) is 0 Å². The van der Waals surface area contributed by atoms with Crippen LogP contribution in [0.4, 0.5) is 0 Å². The van der Waals surface area contributed by atoms with Crippen molar-refractivity contribution >= 4 is 0 Å². The zero-order chi connectivity index (χ0) is 14.9. The van der Waals surface area contributed by atoms with E-state index in [1.165, 1.54) is 63.4 Å². The van der Waals surface area contributed by atoms with Crippen molar-refractivity contribution in [3.63, 3.8) is 0 Å². The smallest absolute Gasteiger partial charge is 0.128 e. The van der Waals surface area contributed by atoms with Gasteiger partial charge in [0.15, 0.2) is 0 Å². The summed E-state index contributed by atoms with van der Waals surface area (Å²) in [7, 11) is 0. The number of aromatic nitrogens is 2. The van der Waals surface area contributed by atoms with Crippen molar-refractivity contribution in [3.05, 3.63) is 23.8 Å². The fourth-order valence-corrected chi connectivity index (χ4v) is 3.57. The third-order valence-electron chi connectivity index (χ3n) is 5.02. The van der Waals surface area contributed by atoms with E-state index in [0.717, 1.165) is 30.5 Å². The highest BCUT2D eigenvalue weighted by molar-refractivity contribution is 5.05. The molecule has 0 saturated heterocycles. The van der Waals surface area contributed by atoms with Gasteiger partial charge in [0.25, 0.3) is 0 Å². The average Bonchev–Trinajstić information content (AvgIpc) is 2.53. The van der Waals surface area contributed by atoms with Crippen LogP contribution in [0.15, 0.2) is 12.4 Å². The summed E-state index contributed by atoms with van der Waals surface area (Å²) in [6.07, 6.45) is 18.6. The molecule has 1 fully saturated rings. The van der Waals surface area contributed by atoms with Crippen molar-refractivity contribution in [1.29, 1.82) is 0 Å². The van der Waals surface area contributed by atoms with Gasteiger partial charge in [-0.05, 0) is 36.7 Å². The number of rotatable bonds is 8. The Morgan fingerprint density at radius 1 is 0.857 bits per heavy atom. The molecule has 0 radical (unpaired) electrons. The first-order valence-corrected chi connectivity index (χ1v) is 9.11. The van der Waals surface area contributed by atoms with E-state index >= 15 is 0 Å². The van der Waals surface area contributed by atoms with E-state index in [1.807, 2.05) is 12.4 Å². The maximum atomic E-state index is 4.55. The lowest BCUT2D eigenvalue weighted by Crippen LogP contribution is -2.15. The molecule has 0 N–H and O–H groups in total. The Morgan fingerprint density at radius 2 is 1.48 bits per heavy atom. The predicted octanol–water partition coefficient (Wildman–Crippen LogP) is 5.36. The molecular weight excluding hydrogens is 256 g/mol. The fraction of sp³-hybridized carbons (Fsp3) is 0.789. The van der Waals surface area contributed by atoms with Crippen LogP contribution < -0.4 is 0 Å². The van der Waals surface area contributed by atoms with Gasteiger partial charge in [0.05, 0.1) is 0 Å². The molecule has 0 atom stereocenters. The molecule has 118 valence electrons. The first-order valence-electron chi connectivity index (χ1n) is 9.11. The molecule has 1 aliphatic carbocycles. The first kappa shape index (κ1) is 16.5. The van der Waals surface area contributed by atoms with Gasteiger partial charge >= 0.3 is 0 Å². The number of unbranched alkanes of at least 4 members (excludes halogenated alkanes) is 1. The van der Waals surface area contributed by atoms with Crippen LogP contribution in [0.1, 0.15) is 83.0 Å². The lowest BCUT2D eigenvalue weighted by molar-refractivity contribution is 0.251. The van der Waals surface area contributed by atoms with Gasteiger partial charge in [0.2, 0.25) is 0 Å². The second-order valence-electron chi connectivity index (χ2n) is 6.83. The molecule has 0 amide bonds. The molecule has 1 saturated carbocycles. The van der Waals surface area contributed by atoms with E-state index in [0.29, 0.717) is 0 Å². The van der Waals surface area contributed by atoms with Gasteiger partial charge in [0.1, 0.15) is 5.82 Å². The highest BCUT2D eigenvalue weighted by Gasteiger charge is 2.20. The van der Waals surface area contributed by atoms with Crippen LogP contribution in [0, 0.1) is 11.8 Å². The third kappa shape index (κ3) is 5.76. The summed E-state index contributed by atoms with van der Waals surface area (Å²) in [6.45, 7) is 4.54. The molecule has 1 aromatic rings. The molecule has 2 rings (SSSR count). The lowest BCUT2D eigenvalue weighted by atomic mass is 9.78. The van der Waals surface area contributed by atoms with Crippen molar-refractivity contribution in [2.24, 2.45) is 11.8 Å². The monoisotopic (exact) mass is 288 g/mol. The quantitative estimate of drug-likeness (QED) is 0.643. The Labute approximate surface area is 130 Å². The van der Waals surface area contributed by atoms with Crippen molar-refractivity contribution in [2.75, 3.05) is 0 Å². The van der Waals surface area contributed by atoms with Gasteiger partial charge in [-0.3, -0.25) is 0 Å². The highest BCUT2D eigenvalue weighted by atomic mass is 14.9. The average molecular weight is 288 g/mol. The van der Waals surface area contributed by atoms with Crippen LogP contribution >= 0.6 is 0 Å². The van der Waals surface area contributed by atoms with Crippen LogP contribution in [0.5, 0.6) is 0 Å². The maximum Gasteiger partial charge on any atom is 0.128 e. The van der Waals surface area contributed by atoms with Crippen LogP contribution in [-0.2, 0) is 12.8 Å². The summed E-state index contributed by atoms with van der Waals surface area (Å²) in [5, 5.41) is 0. The Bertz CT molecular complexity index is 377. The van der Waals surface area contributed by atoms with Crippen LogP contribution in [0.3, 0.4) is 0 Å². The SMILES string of the molecule is CCCCc1cnc(CCC2CCC(CCC)CC2)nc1. The largest absolute Gasteiger partial charge is 0.241 e. The topological polar surface area (TPSA) is 25.8 Å². The minimum atomic E-state index is 0.918. The summed E-state index contributed by atoms with van der Waals surface area (Å²) in [5.74, 6) is 2.98. The zero-order valence-corrected chi connectivity index (χ0v) is 14.0. The van der Waals surface area contributed by atoms with Crippen LogP contribution in [0.2, 0.25) is 0 Å². The maximum absolute atomic E-state index is 4.55. The summed E-state index contributed by atoms with van der Waals surface area (Å²) in [4.78, 5) is 9.10. The predicted molar refractivity (Wildman–Crippen MR) is 89.3 cm³/mol. The third-order valence-corrected chi connectivity index (χ3v) is 5.02. The molecule has 2 nitrogen and oxygen atoms in total. The van der Waals surface area contributed by atoms with Gasteiger partial charge in [-0.2, -0.15) is 0 Å². The van der Waals surface area contributed by atoms with Crippen molar-refractivity contribution in [2.45, 2.75) is 84.5 Å². The first-order chi connectivity index (χ1) is 10.3. The summed E-state index contributed by atoms with van der Waals surface area (Å²) in [6, 6.07) is 0. The van der Waals surface area contributed by atoms with Gasteiger partial charge in [-0.25, -0.2) is 9.97 Å². The Kier molecular flexibility index (Phi) is 7.18.